The molecule has 1 unspecified atom stereocenters. The predicted molar refractivity (Wildman–Crippen MR) is 81.8 cm³/mol. The topological polar surface area (TPSA) is 12.0 Å². The van der Waals surface area contributed by atoms with Crippen molar-refractivity contribution in [3.05, 3.63) is 34.1 Å². The molecule has 1 nitrogen and oxygen atoms in total. The summed E-state index contributed by atoms with van der Waals surface area (Å²) in [4.78, 5) is 0. The zero-order valence-corrected chi connectivity index (χ0v) is 13.2. The van der Waals surface area contributed by atoms with Crippen LogP contribution in [0, 0.1) is 11.7 Å². The lowest BCUT2D eigenvalue weighted by Gasteiger charge is -2.26. The van der Waals surface area contributed by atoms with E-state index in [9.17, 15) is 4.39 Å². The molecule has 3 heteroatoms. The molecule has 1 aliphatic carbocycles. The minimum atomic E-state index is -0.0942. The lowest BCUT2D eigenvalue weighted by Crippen LogP contribution is -2.35. The monoisotopic (exact) mass is 327 g/mol. The molecule has 1 aromatic rings. The first-order valence-electron chi connectivity index (χ1n) is 7.32. The van der Waals surface area contributed by atoms with Crippen molar-refractivity contribution in [2.45, 2.75) is 51.0 Å². The van der Waals surface area contributed by atoms with Gasteiger partial charge in [0, 0.05) is 10.5 Å². The van der Waals surface area contributed by atoms with Gasteiger partial charge in [0.25, 0.3) is 0 Å². The van der Waals surface area contributed by atoms with E-state index in [0.29, 0.717) is 12.0 Å². The number of halogens is 2. The Hall–Kier alpha value is -0.410. The van der Waals surface area contributed by atoms with Gasteiger partial charge in [-0.1, -0.05) is 47.7 Å². The van der Waals surface area contributed by atoms with Crippen LogP contribution in [0.2, 0.25) is 0 Å². The number of rotatable bonds is 4. The Morgan fingerprint density at radius 3 is 2.53 bits per heavy atom. The van der Waals surface area contributed by atoms with Crippen molar-refractivity contribution in [2.24, 2.45) is 5.92 Å². The van der Waals surface area contributed by atoms with Crippen LogP contribution in [0.15, 0.2) is 22.7 Å². The second-order valence-corrected chi connectivity index (χ2v) is 6.50. The maximum Gasteiger partial charge on any atom is 0.127 e. The number of hydrogen-bond donors (Lipinski definition) is 1. The van der Waals surface area contributed by atoms with Gasteiger partial charge in [-0.3, -0.25) is 0 Å². The molecule has 0 bridgehead atoms. The third-order valence-electron chi connectivity index (χ3n) is 4.29. The van der Waals surface area contributed by atoms with Crippen molar-refractivity contribution < 1.29 is 4.39 Å². The van der Waals surface area contributed by atoms with E-state index in [0.717, 1.165) is 16.5 Å². The fourth-order valence-electron chi connectivity index (χ4n) is 3.14. The fourth-order valence-corrected chi connectivity index (χ4v) is 3.48. The van der Waals surface area contributed by atoms with E-state index in [1.807, 2.05) is 19.2 Å². The van der Waals surface area contributed by atoms with Gasteiger partial charge in [-0.25, -0.2) is 4.39 Å². The summed E-state index contributed by atoms with van der Waals surface area (Å²) in [7, 11) is 2.01. The van der Waals surface area contributed by atoms with Gasteiger partial charge in [0.1, 0.15) is 5.82 Å². The quantitative estimate of drug-likeness (QED) is 0.791. The standard InChI is InChI=1S/C16H23BrFN/c1-19-16(12-6-4-2-3-5-7-12)10-13-8-9-14(17)11-15(13)18/h8-9,11-12,16,19H,2-7,10H2,1H3. The summed E-state index contributed by atoms with van der Waals surface area (Å²) in [6.45, 7) is 0. The Bertz CT molecular complexity index is 400. The Labute approximate surface area is 124 Å². The Balaban J connectivity index is 2.04. The summed E-state index contributed by atoms with van der Waals surface area (Å²) >= 11 is 3.31. The largest absolute Gasteiger partial charge is 0.316 e. The molecule has 0 radical (unpaired) electrons. The van der Waals surface area contributed by atoms with E-state index in [1.165, 1.54) is 38.5 Å². The molecule has 0 aromatic heterocycles. The Morgan fingerprint density at radius 1 is 1.26 bits per heavy atom. The van der Waals surface area contributed by atoms with Gasteiger partial charge in [0.05, 0.1) is 0 Å². The molecule has 0 heterocycles. The summed E-state index contributed by atoms with van der Waals surface area (Å²) in [5.74, 6) is 0.596. The third kappa shape index (κ3) is 4.28. The molecular weight excluding hydrogens is 305 g/mol. The normalized spacial score (nSPS) is 19.1. The highest BCUT2D eigenvalue weighted by molar-refractivity contribution is 9.10. The lowest BCUT2D eigenvalue weighted by molar-refractivity contribution is 0.330. The molecule has 1 saturated carbocycles. The molecule has 1 N–H and O–H groups in total. The maximum absolute atomic E-state index is 13.9. The second-order valence-electron chi connectivity index (χ2n) is 5.59. The molecule has 0 spiro atoms. The summed E-state index contributed by atoms with van der Waals surface area (Å²) < 4.78 is 14.7. The molecule has 1 aliphatic rings. The second kappa shape index (κ2) is 7.39. The number of likely N-dealkylation sites (N-methyl/N-ethyl adjacent to an activating group) is 1. The van der Waals surface area contributed by atoms with Crippen molar-refractivity contribution in [1.82, 2.24) is 5.32 Å². The molecule has 1 fully saturated rings. The van der Waals surface area contributed by atoms with Gasteiger partial charge in [-0.05, 0) is 49.9 Å². The minimum absolute atomic E-state index is 0.0942. The predicted octanol–water partition coefficient (Wildman–Crippen LogP) is 4.69. The molecule has 2 rings (SSSR count). The van der Waals surface area contributed by atoms with Crippen molar-refractivity contribution in [2.75, 3.05) is 7.05 Å². The summed E-state index contributed by atoms with van der Waals surface area (Å²) in [6, 6.07) is 5.79. The molecular formula is C16H23BrFN. The van der Waals surface area contributed by atoms with Crippen LogP contribution in [0.25, 0.3) is 0 Å². The zero-order valence-electron chi connectivity index (χ0n) is 11.6. The Morgan fingerprint density at radius 2 is 1.95 bits per heavy atom. The van der Waals surface area contributed by atoms with Gasteiger partial charge in [0.2, 0.25) is 0 Å². The van der Waals surface area contributed by atoms with Gasteiger partial charge in [-0.15, -0.1) is 0 Å². The molecule has 1 aromatic carbocycles. The van der Waals surface area contributed by atoms with Crippen molar-refractivity contribution in [3.63, 3.8) is 0 Å². The summed E-state index contributed by atoms with van der Waals surface area (Å²) in [5.41, 5.74) is 0.826. The smallest absolute Gasteiger partial charge is 0.127 e. The summed E-state index contributed by atoms with van der Waals surface area (Å²) in [5, 5.41) is 3.41. The highest BCUT2D eigenvalue weighted by atomic mass is 79.9. The first-order chi connectivity index (χ1) is 9.20. The highest BCUT2D eigenvalue weighted by Gasteiger charge is 2.22. The van der Waals surface area contributed by atoms with Crippen LogP contribution in [0.5, 0.6) is 0 Å². The average molecular weight is 328 g/mol. The fraction of sp³-hybridized carbons (Fsp3) is 0.625. The van der Waals surface area contributed by atoms with Crippen molar-refractivity contribution >= 4 is 15.9 Å². The van der Waals surface area contributed by atoms with E-state index in [2.05, 4.69) is 21.2 Å². The lowest BCUT2D eigenvalue weighted by atomic mass is 9.88. The molecule has 19 heavy (non-hydrogen) atoms. The van der Waals surface area contributed by atoms with Crippen LogP contribution in [0.4, 0.5) is 4.39 Å². The van der Waals surface area contributed by atoms with Crippen LogP contribution >= 0.6 is 15.9 Å². The van der Waals surface area contributed by atoms with E-state index >= 15 is 0 Å². The van der Waals surface area contributed by atoms with Gasteiger partial charge in [-0.2, -0.15) is 0 Å². The van der Waals surface area contributed by atoms with Crippen LogP contribution in [0.3, 0.4) is 0 Å². The van der Waals surface area contributed by atoms with E-state index < -0.39 is 0 Å². The van der Waals surface area contributed by atoms with Crippen LogP contribution in [-0.2, 0) is 6.42 Å². The first-order valence-corrected chi connectivity index (χ1v) is 8.11. The van der Waals surface area contributed by atoms with E-state index in [1.54, 1.807) is 6.07 Å². The van der Waals surface area contributed by atoms with Crippen LogP contribution < -0.4 is 5.32 Å². The first kappa shape index (κ1) is 15.0. The molecule has 1 atom stereocenters. The minimum Gasteiger partial charge on any atom is -0.316 e. The average Bonchev–Trinajstić information content (AvgIpc) is 2.67. The molecule has 0 saturated heterocycles. The van der Waals surface area contributed by atoms with Gasteiger partial charge >= 0.3 is 0 Å². The van der Waals surface area contributed by atoms with Crippen LogP contribution in [-0.4, -0.2) is 13.1 Å². The molecule has 106 valence electrons. The summed E-state index contributed by atoms with van der Waals surface area (Å²) in [6.07, 6.45) is 8.73. The van der Waals surface area contributed by atoms with E-state index in [-0.39, 0.29) is 5.82 Å². The zero-order chi connectivity index (χ0) is 13.7. The van der Waals surface area contributed by atoms with Crippen LogP contribution in [0.1, 0.15) is 44.1 Å². The van der Waals surface area contributed by atoms with Crippen molar-refractivity contribution in [3.8, 4) is 0 Å². The Kier molecular flexibility index (Phi) is 5.83. The highest BCUT2D eigenvalue weighted by Crippen LogP contribution is 2.28. The van der Waals surface area contributed by atoms with Crippen molar-refractivity contribution in [1.29, 1.82) is 0 Å². The number of nitrogens with one attached hydrogen (secondary N) is 1. The molecule has 0 aliphatic heterocycles. The van der Waals surface area contributed by atoms with E-state index in [4.69, 9.17) is 0 Å². The molecule has 0 amide bonds. The number of hydrogen-bond acceptors (Lipinski definition) is 1. The third-order valence-corrected chi connectivity index (χ3v) is 4.79. The SMILES string of the molecule is CNC(Cc1ccc(Br)cc1F)C1CCCCCC1. The van der Waals surface area contributed by atoms with Gasteiger partial charge in [0.15, 0.2) is 0 Å². The number of benzene rings is 1. The maximum atomic E-state index is 13.9. The van der Waals surface area contributed by atoms with Gasteiger partial charge < -0.3 is 5.32 Å².